The minimum absolute atomic E-state index is 0.0659. The molecule has 1 aromatic carbocycles. The zero-order chi connectivity index (χ0) is 21.5. The van der Waals surface area contributed by atoms with E-state index in [1.807, 2.05) is 47.2 Å². The van der Waals surface area contributed by atoms with Crippen molar-refractivity contribution in [1.82, 2.24) is 10.2 Å². The minimum Gasteiger partial charge on any atom is -0.384 e. The summed E-state index contributed by atoms with van der Waals surface area (Å²) >= 11 is 7.54. The lowest BCUT2D eigenvalue weighted by atomic mass is 9.76. The van der Waals surface area contributed by atoms with Crippen molar-refractivity contribution in [2.24, 2.45) is 5.73 Å². The summed E-state index contributed by atoms with van der Waals surface area (Å²) in [4.78, 5) is 14.8. The fourth-order valence-corrected chi connectivity index (χ4v) is 5.14. The van der Waals surface area contributed by atoms with Crippen LogP contribution in [-0.2, 0) is 4.79 Å². The van der Waals surface area contributed by atoms with E-state index in [4.69, 9.17) is 17.3 Å². The van der Waals surface area contributed by atoms with Gasteiger partial charge in [0.25, 0.3) is 0 Å². The molecule has 8 heteroatoms. The molecule has 2 aromatic heterocycles. The molecule has 6 nitrogen and oxygen atoms in total. The van der Waals surface area contributed by atoms with E-state index in [1.165, 1.54) is 11.3 Å². The molecule has 0 amide bonds. The number of H-pyrrole nitrogens is 1. The molecule has 3 N–H and O–H groups in total. The Morgan fingerprint density at radius 3 is 2.77 bits per heavy atom. The molecule has 1 aliphatic heterocycles. The Morgan fingerprint density at radius 2 is 2.06 bits per heavy atom. The molecule has 0 radical (unpaired) electrons. The van der Waals surface area contributed by atoms with Gasteiger partial charge in [0.15, 0.2) is 11.6 Å². The number of aromatic amines is 1. The summed E-state index contributed by atoms with van der Waals surface area (Å²) < 4.78 is 0. The van der Waals surface area contributed by atoms with Crippen LogP contribution in [0.2, 0.25) is 5.02 Å². The minimum atomic E-state index is -0.426. The first kappa shape index (κ1) is 19.6. The molecule has 2 aliphatic rings. The van der Waals surface area contributed by atoms with Crippen molar-refractivity contribution >= 4 is 34.5 Å². The lowest BCUT2D eigenvalue weighted by Crippen LogP contribution is -2.38. The standard InChI is InChI=1S/C23H18ClN5OS/c24-15-6-4-13(5-7-15)17-10-20(28-27-17)29-18-2-1-3-19(30)22(18)21(14-8-9-31-12-14)16(11-25)23(29)26/h4-10,12,21H,1-3,26H2,(H,27,28). The monoisotopic (exact) mass is 447 g/mol. The molecule has 1 aliphatic carbocycles. The summed E-state index contributed by atoms with van der Waals surface area (Å²) in [5, 5.41) is 22.1. The third-order valence-corrected chi connectivity index (χ3v) is 6.69. The van der Waals surface area contributed by atoms with Crippen LogP contribution in [0.25, 0.3) is 11.3 Å². The molecule has 0 saturated carbocycles. The van der Waals surface area contributed by atoms with Crippen molar-refractivity contribution in [1.29, 1.82) is 5.26 Å². The number of halogens is 1. The summed E-state index contributed by atoms with van der Waals surface area (Å²) in [7, 11) is 0. The third kappa shape index (κ3) is 3.25. The Bertz CT molecular complexity index is 1260. The van der Waals surface area contributed by atoms with Crippen molar-refractivity contribution in [2.45, 2.75) is 25.2 Å². The number of hydrogen-bond donors (Lipinski definition) is 2. The van der Waals surface area contributed by atoms with Crippen LogP contribution in [0.4, 0.5) is 5.82 Å². The molecule has 3 heterocycles. The van der Waals surface area contributed by atoms with Crippen LogP contribution in [0, 0.1) is 11.3 Å². The number of carbonyl (C=O) groups is 1. The molecule has 0 saturated heterocycles. The van der Waals surface area contributed by atoms with Crippen LogP contribution in [0.15, 0.2) is 69.8 Å². The zero-order valence-electron chi connectivity index (χ0n) is 16.4. The molecule has 31 heavy (non-hydrogen) atoms. The van der Waals surface area contributed by atoms with Crippen molar-refractivity contribution in [3.05, 3.63) is 80.4 Å². The van der Waals surface area contributed by atoms with Gasteiger partial charge in [0.1, 0.15) is 5.82 Å². The fraction of sp³-hybridized carbons (Fsp3) is 0.174. The average molecular weight is 448 g/mol. The van der Waals surface area contributed by atoms with E-state index in [0.717, 1.165) is 28.9 Å². The molecule has 0 bridgehead atoms. The predicted octanol–water partition coefficient (Wildman–Crippen LogP) is 5.10. The van der Waals surface area contributed by atoms with E-state index in [-0.39, 0.29) is 5.78 Å². The Hall–Kier alpha value is -3.34. The lowest BCUT2D eigenvalue weighted by Gasteiger charge is -2.38. The molecule has 1 atom stereocenters. The van der Waals surface area contributed by atoms with Gasteiger partial charge in [-0.25, -0.2) is 0 Å². The number of Topliss-reactive ketones (excluding diaryl/α,β-unsaturated/α-hetero) is 1. The number of anilines is 1. The van der Waals surface area contributed by atoms with Gasteiger partial charge in [0.2, 0.25) is 0 Å². The number of benzene rings is 1. The van der Waals surface area contributed by atoms with Crippen LogP contribution in [-0.4, -0.2) is 16.0 Å². The van der Waals surface area contributed by atoms with E-state index in [1.54, 1.807) is 4.90 Å². The maximum Gasteiger partial charge on any atom is 0.161 e. The number of hydrogen-bond acceptors (Lipinski definition) is 6. The smallest absolute Gasteiger partial charge is 0.161 e. The molecule has 3 aromatic rings. The fourth-order valence-electron chi connectivity index (χ4n) is 4.32. The van der Waals surface area contributed by atoms with E-state index in [2.05, 4.69) is 16.3 Å². The molecular formula is C23H18ClN5OS. The van der Waals surface area contributed by atoms with Gasteiger partial charge < -0.3 is 5.73 Å². The first-order chi connectivity index (χ1) is 15.1. The number of carbonyl (C=O) groups excluding carboxylic acids is 1. The highest BCUT2D eigenvalue weighted by molar-refractivity contribution is 7.08. The van der Waals surface area contributed by atoms with Gasteiger partial charge in [-0.2, -0.15) is 21.7 Å². The highest BCUT2D eigenvalue weighted by atomic mass is 35.5. The maximum absolute atomic E-state index is 13.0. The van der Waals surface area contributed by atoms with E-state index >= 15 is 0 Å². The van der Waals surface area contributed by atoms with Crippen molar-refractivity contribution in [3.63, 3.8) is 0 Å². The lowest BCUT2D eigenvalue weighted by molar-refractivity contribution is -0.116. The first-order valence-electron chi connectivity index (χ1n) is 9.88. The van der Waals surface area contributed by atoms with Crippen molar-refractivity contribution < 1.29 is 4.79 Å². The van der Waals surface area contributed by atoms with Crippen molar-refractivity contribution in [2.75, 3.05) is 4.90 Å². The average Bonchev–Trinajstić information content (AvgIpc) is 3.46. The van der Waals surface area contributed by atoms with E-state index < -0.39 is 5.92 Å². The second-order valence-corrected chi connectivity index (χ2v) is 8.74. The Labute approximate surface area is 188 Å². The van der Waals surface area contributed by atoms with Gasteiger partial charge in [0, 0.05) is 28.8 Å². The Balaban J connectivity index is 1.65. The second-order valence-electron chi connectivity index (χ2n) is 7.52. The highest BCUT2D eigenvalue weighted by Crippen LogP contribution is 2.46. The van der Waals surface area contributed by atoms with Gasteiger partial charge in [-0.05, 0) is 52.9 Å². The quantitative estimate of drug-likeness (QED) is 0.582. The topological polar surface area (TPSA) is 98.8 Å². The number of nitrogens with two attached hydrogens (primary N) is 1. The number of nitrogens with zero attached hydrogens (tertiary/aromatic N) is 3. The van der Waals surface area contributed by atoms with Gasteiger partial charge in [-0.15, -0.1) is 0 Å². The predicted molar refractivity (Wildman–Crippen MR) is 121 cm³/mol. The van der Waals surface area contributed by atoms with E-state index in [0.29, 0.717) is 40.6 Å². The SMILES string of the molecule is N#CC1=C(N)N(c2cc(-c3ccc(Cl)cc3)[nH]n2)C2=C(C(=O)CCC2)C1c1ccsc1. The summed E-state index contributed by atoms with van der Waals surface area (Å²) in [5.74, 6) is 0.517. The van der Waals surface area contributed by atoms with Crippen LogP contribution in [0.1, 0.15) is 30.7 Å². The van der Waals surface area contributed by atoms with Crippen LogP contribution < -0.4 is 10.6 Å². The van der Waals surface area contributed by atoms with Crippen LogP contribution >= 0.6 is 22.9 Å². The normalized spacial score (nSPS) is 18.9. The number of ketones is 1. The highest BCUT2D eigenvalue weighted by Gasteiger charge is 2.41. The molecule has 154 valence electrons. The van der Waals surface area contributed by atoms with Gasteiger partial charge in [-0.3, -0.25) is 14.8 Å². The zero-order valence-corrected chi connectivity index (χ0v) is 18.0. The van der Waals surface area contributed by atoms with Gasteiger partial charge in [0.05, 0.1) is 23.3 Å². The molecule has 0 fully saturated rings. The van der Waals surface area contributed by atoms with Crippen molar-refractivity contribution in [3.8, 4) is 17.3 Å². The summed E-state index contributed by atoms with van der Waals surface area (Å²) in [6.07, 6.45) is 1.92. The van der Waals surface area contributed by atoms with E-state index in [9.17, 15) is 10.1 Å². The Morgan fingerprint density at radius 1 is 1.26 bits per heavy atom. The van der Waals surface area contributed by atoms with Crippen LogP contribution in [0.3, 0.4) is 0 Å². The number of thiophene rings is 1. The maximum atomic E-state index is 13.0. The number of nitrogens with one attached hydrogen (secondary N) is 1. The summed E-state index contributed by atoms with van der Waals surface area (Å²) in [6.45, 7) is 0. The summed E-state index contributed by atoms with van der Waals surface area (Å²) in [6, 6.07) is 13.5. The van der Waals surface area contributed by atoms with Gasteiger partial charge >= 0.3 is 0 Å². The third-order valence-electron chi connectivity index (χ3n) is 5.74. The van der Waals surface area contributed by atoms with Crippen LogP contribution in [0.5, 0.6) is 0 Å². The number of rotatable bonds is 3. The molecule has 5 rings (SSSR count). The molecule has 0 spiro atoms. The number of nitriles is 1. The largest absolute Gasteiger partial charge is 0.384 e. The number of aromatic nitrogens is 2. The first-order valence-corrected chi connectivity index (χ1v) is 11.2. The molecular weight excluding hydrogens is 430 g/mol. The Kier molecular flexibility index (Phi) is 4.89. The second kappa shape index (κ2) is 7.73. The summed E-state index contributed by atoms with van der Waals surface area (Å²) in [5.41, 5.74) is 11.1. The number of allylic oxidation sites excluding steroid dienone is 3. The molecule has 1 unspecified atom stereocenters. The van der Waals surface area contributed by atoms with Gasteiger partial charge in [-0.1, -0.05) is 23.7 Å².